The highest BCUT2D eigenvalue weighted by molar-refractivity contribution is 7.11. The number of rotatable bonds is 3. The molecule has 1 rings (SSSR count). The second-order valence-electron chi connectivity index (χ2n) is 2.89. The fourth-order valence-electron chi connectivity index (χ4n) is 0.803. The summed E-state index contributed by atoms with van der Waals surface area (Å²) in [6, 6.07) is 0. The molecule has 0 saturated heterocycles. The lowest BCUT2D eigenvalue weighted by atomic mass is 10.1. The van der Waals surface area contributed by atoms with Crippen LogP contribution in [0.5, 0.6) is 0 Å². The van der Waals surface area contributed by atoms with Crippen LogP contribution in [0.1, 0.15) is 23.9 Å². The molecule has 0 spiro atoms. The normalized spacial score (nSPS) is 10.9. The van der Waals surface area contributed by atoms with Gasteiger partial charge in [-0.25, -0.2) is 0 Å². The van der Waals surface area contributed by atoms with Crippen LogP contribution in [-0.2, 0) is 13.0 Å². The molecule has 0 amide bonds. The predicted molar refractivity (Wildman–Crippen MR) is 46.3 cm³/mol. The van der Waals surface area contributed by atoms with Gasteiger partial charge in [-0.15, -0.1) is 21.5 Å². The van der Waals surface area contributed by atoms with Crippen molar-refractivity contribution in [1.29, 1.82) is 0 Å². The summed E-state index contributed by atoms with van der Waals surface area (Å²) in [5, 5.41) is 9.98. The Balaban J connectivity index is 2.58. The van der Waals surface area contributed by atoms with Gasteiger partial charge in [0.05, 0.1) is 0 Å². The minimum absolute atomic E-state index is 0.510. The molecule has 0 aliphatic rings. The molecule has 0 radical (unpaired) electrons. The van der Waals surface area contributed by atoms with E-state index in [4.69, 9.17) is 5.73 Å². The van der Waals surface area contributed by atoms with E-state index >= 15 is 0 Å². The van der Waals surface area contributed by atoms with E-state index in [1.165, 1.54) is 0 Å². The molecule has 4 heteroatoms. The standard InChI is InChI=1S/C7H13N3S/c1-5(2)3-6-9-10-7(4-8)11-6/h5H,3-4,8H2,1-2H3. The monoisotopic (exact) mass is 171 g/mol. The van der Waals surface area contributed by atoms with Crippen molar-refractivity contribution in [2.45, 2.75) is 26.8 Å². The molecular formula is C7H13N3S. The highest BCUT2D eigenvalue weighted by Crippen LogP contribution is 2.12. The molecule has 0 unspecified atom stereocenters. The van der Waals surface area contributed by atoms with Crippen molar-refractivity contribution < 1.29 is 0 Å². The topological polar surface area (TPSA) is 51.8 Å². The summed E-state index contributed by atoms with van der Waals surface area (Å²) in [5.41, 5.74) is 5.40. The molecule has 62 valence electrons. The summed E-state index contributed by atoms with van der Waals surface area (Å²) in [6.45, 7) is 4.85. The highest BCUT2D eigenvalue weighted by Gasteiger charge is 2.03. The molecule has 1 aromatic heterocycles. The second-order valence-corrected chi connectivity index (χ2v) is 4.04. The van der Waals surface area contributed by atoms with Crippen LogP contribution in [0.25, 0.3) is 0 Å². The van der Waals surface area contributed by atoms with Crippen molar-refractivity contribution >= 4 is 11.3 Å². The van der Waals surface area contributed by atoms with Crippen LogP contribution in [0.3, 0.4) is 0 Å². The SMILES string of the molecule is CC(C)Cc1nnc(CN)s1. The minimum Gasteiger partial charge on any atom is -0.324 e. The van der Waals surface area contributed by atoms with Gasteiger partial charge in [-0.1, -0.05) is 13.8 Å². The quantitative estimate of drug-likeness (QED) is 0.743. The first kappa shape index (κ1) is 8.62. The Labute approximate surface area is 70.6 Å². The Morgan fingerprint density at radius 1 is 1.36 bits per heavy atom. The van der Waals surface area contributed by atoms with E-state index in [0.717, 1.165) is 16.4 Å². The Morgan fingerprint density at radius 3 is 2.45 bits per heavy atom. The number of hydrogen-bond donors (Lipinski definition) is 1. The Kier molecular flexibility index (Phi) is 2.96. The van der Waals surface area contributed by atoms with Gasteiger partial charge in [0.1, 0.15) is 10.0 Å². The van der Waals surface area contributed by atoms with Crippen molar-refractivity contribution in [2.24, 2.45) is 11.7 Å². The third kappa shape index (κ3) is 2.55. The average Bonchev–Trinajstić information content (AvgIpc) is 2.34. The first-order valence-electron chi connectivity index (χ1n) is 3.73. The first-order chi connectivity index (χ1) is 5.22. The zero-order chi connectivity index (χ0) is 8.27. The van der Waals surface area contributed by atoms with E-state index < -0.39 is 0 Å². The van der Waals surface area contributed by atoms with Crippen LogP contribution in [-0.4, -0.2) is 10.2 Å². The molecule has 0 saturated carbocycles. The van der Waals surface area contributed by atoms with Gasteiger partial charge in [-0.3, -0.25) is 0 Å². The molecule has 0 aromatic carbocycles. The molecule has 0 aliphatic carbocycles. The van der Waals surface area contributed by atoms with Crippen LogP contribution in [0.4, 0.5) is 0 Å². The molecule has 0 aliphatic heterocycles. The molecule has 1 aromatic rings. The van der Waals surface area contributed by atoms with E-state index in [-0.39, 0.29) is 0 Å². The summed E-state index contributed by atoms with van der Waals surface area (Å²) in [5.74, 6) is 0.647. The first-order valence-corrected chi connectivity index (χ1v) is 4.55. The maximum atomic E-state index is 5.40. The number of hydrogen-bond acceptors (Lipinski definition) is 4. The zero-order valence-electron chi connectivity index (χ0n) is 6.87. The molecule has 3 nitrogen and oxygen atoms in total. The van der Waals surface area contributed by atoms with Gasteiger partial charge in [-0.05, 0) is 5.92 Å². The predicted octanol–water partition coefficient (Wildman–Crippen LogP) is 1.20. The third-order valence-corrected chi connectivity index (χ3v) is 2.23. The summed E-state index contributed by atoms with van der Waals surface area (Å²) >= 11 is 1.61. The zero-order valence-corrected chi connectivity index (χ0v) is 7.69. The largest absolute Gasteiger partial charge is 0.324 e. The van der Waals surface area contributed by atoms with E-state index in [1.54, 1.807) is 11.3 Å². The van der Waals surface area contributed by atoms with E-state index in [0.29, 0.717) is 12.5 Å². The minimum atomic E-state index is 0.510. The third-order valence-electron chi connectivity index (χ3n) is 1.27. The van der Waals surface area contributed by atoms with Crippen LogP contribution in [0, 0.1) is 5.92 Å². The van der Waals surface area contributed by atoms with Gasteiger partial charge in [0.15, 0.2) is 0 Å². The molecule has 1 heterocycles. The molecule has 0 bridgehead atoms. The molecule has 11 heavy (non-hydrogen) atoms. The van der Waals surface area contributed by atoms with Crippen LogP contribution in [0.2, 0.25) is 0 Å². The summed E-state index contributed by atoms with van der Waals surface area (Å²) < 4.78 is 0. The number of nitrogens with zero attached hydrogens (tertiary/aromatic N) is 2. The number of aromatic nitrogens is 2. The Hall–Kier alpha value is -0.480. The molecule has 2 N–H and O–H groups in total. The molecular weight excluding hydrogens is 158 g/mol. The average molecular weight is 171 g/mol. The van der Waals surface area contributed by atoms with Crippen molar-refractivity contribution in [3.8, 4) is 0 Å². The van der Waals surface area contributed by atoms with Crippen molar-refractivity contribution in [3.05, 3.63) is 10.0 Å². The molecule has 0 atom stereocenters. The maximum absolute atomic E-state index is 5.40. The summed E-state index contributed by atoms with van der Waals surface area (Å²) in [4.78, 5) is 0. The van der Waals surface area contributed by atoms with Crippen molar-refractivity contribution in [2.75, 3.05) is 0 Å². The van der Waals surface area contributed by atoms with Crippen molar-refractivity contribution in [1.82, 2.24) is 10.2 Å². The van der Waals surface area contributed by atoms with Gasteiger partial charge in [-0.2, -0.15) is 0 Å². The van der Waals surface area contributed by atoms with E-state index in [9.17, 15) is 0 Å². The lowest BCUT2D eigenvalue weighted by molar-refractivity contribution is 0.639. The Morgan fingerprint density at radius 2 is 2.00 bits per heavy atom. The van der Waals surface area contributed by atoms with Crippen LogP contribution >= 0.6 is 11.3 Å². The second kappa shape index (κ2) is 3.78. The highest BCUT2D eigenvalue weighted by atomic mass is 32.1. The van der Waals surface area contributed by atoms with Gasteiger partial charge >= 0.3 is 0 Å². The van der Waals surface area contributed by atoms with Gasteiger partial charge in [0.2, 0.25) is 0 Å². The van der Waals surface area contributed by atoms with Gasteiger partial charge in [0, 0.05) is 13.0 Å². The Bertz CT molecular complexity index is 219. The van der Waals surface area contributed by atoms with Crippen molar-refractivity contribution in [3.63, 3.8) is 0 Å². The summed E-state index contributed by atoms with van der Waals surface area (Å²) in [7, 11) is 0. The smallest absolute Gasteiger partial charge is 0.131 e. The van der Waals surface area contributed by atoms with Gasteiger partial charge < -0.3 is 5.73 Å². The summed E-state index contributed by atoms with van der Waals surface area (Å²) in [6.07, 6.45) is 1.01. The lowest BCUT2D eigenvalue weighted by Gasteiger charge is -1.96. The van der Waals surface area contributed by atoms with Crippen LogP contribution in [0.15, 0.2) is 0 Å². The van der Waals surface area contributed by atoms with E-state index in [1.807, 2.05) is 0 Å². The number of nitrogens with two attached hydrogens (primary N) is 1. The lowest BCUT2D eigenvalue weighted by Crippen LogP contribution is -1.94. The van der Waals surface area contributed by atoms with Gasteiger partial charge in [0.25, 0.3) is 0 Å². The van der Waals surface area contributed by atoms with Crippen LogP contribution < -0.4 is 5.73 Å². The maximum Gasteiger partial charge on any atom is 0.131 e. The van der Waals surface area contributed by atoms with E-state index in [2.05, 4.69) is 24.0 Å². The molecule has 0 fully saturated rings. The fourth-order valence-corrected chi connectivity index (χ4v) is 1.74. The fraction of sp³-hybridized carbons (Fsp3) is 0.714.